The Morgan fingerprint density at radius 3 is 2.89 bits per heavy atom. The molecule has 0 aromatic heterocycles. The molecular weight excluding hydrogens is 238 g/mol. The van der Waals surface area contributed by atoms with Crippen LogP contribution in [0.4, 0.5) is 0 Å². The number of fused-ring (bicyclic) bond motifs is 1. The minimum Gasteiger partial charge on any atom is -0.316 e. The average Bonchev–Trinajstić information content (AvgIpc) is 2.85. The maximum atomic E-state index is 3.46. The van der Waals surface area contributed by atoms with Gasteiger partial charge in [0.15, 0.2) is 0 Å². The summed E-state index contributed by atoms with van der Waals surface area (Å²) in [5, 5.41) is 3.46. The number of nitrogens with one attached hydrogen (secondary N) is 1. The van der Waals surface area contributed by atoms with Crippen LogP contribution < -0.4 is 5.32 Å². The molecule has 1 N–H and O–H groups in total. The molecule has 1 unspecified atom stereocenters. The van der Waals surface area contributed by atoms with Gasteiger partial charge in [0, 0.05) is 11.8 Å². The van der Waals surface area contributed by atoms with Gasteiger partial charge in [-0.3, -0.25) is 0 Å². The molecule has 2 rings (SSSR count). The summed E-state index contributed by atoms with van der Waals surface area (Å²) in [5.41, 5.74) is 4.69. The Morgan fingerprint density at radius 1 is 1.28 bits per heavy atom. The molecule has 0 spiro atoms. The molecule has 1 atom stereocenters. The minimum absolute atomic E-state index is 0.612. The van der Waals surface area contributed by atoms with Crippen LogP contribution in [0.25, 0.3) is 0 Å². The normalized spacial score (nSPS) is 15.7. The van der Waals surface area contributed by atoms with Gasteiger partial charge >= 0.3 is 0 Å². The summed E-state index contributed by atoms with van der Waals surface area (Å²) < 4.78 is 0. The predicted molar refractivity (Wildman–Crippen MR) is 82.6 cm³/mol. The van der Waals surface area contributed by atoms with E-state index in [4.69, 9.17) is 0 Å². The second kappa shape index (κ2) is 7.20. The van der Waals surface area contributed by atoms with Crippen molar-refractivity contribution in [2.24, 2.45) is 0 Å². The van der Waals surface area contributed by atoms with Gasteiger partial charge in [-0.25, -0.2) is 0 Å². The molecule has 1 nitrogen and oxygen atoms in total. The topological polar surface area (TPSA) is 12.0 Å². The third-order valence-corrected chi connectivity index (χ3v) is 5.06. The van der Waals surface area contributed by atoms with Gasteiger partial charge in [-0.1, -0.05) is 25.1 Å². The first-order valence-corrected chi connectivity index (χ1v) is 8.34. The highest BCUT2D eigenvalue weighted by Gasteiger charge is 2.13. The van der Waals surface area contributed by atoms with Gasteiger partial charge in [0.1, 0.15) is 0 Å². The van der Waals surface area contributed by atoms with Crippen LogP contribution in [0, 0.1) is 0 Å². The van der Waals surface area contributed by atoms with Crippen molar-refractivity contribution < 1.29 is 0 Å². The van der Waals surface area contributed by atoms with Gasteiger partial charge in [0.2, 0.25) is 0 Å². The molecular formula is C16H25NS. The molecule has 18 heavy (non-hydrogen) atoms. The van der Waals surface area contributed by atoms with Gasteiger partial charge in [0.25, 0.3) is 0 Å². The van der Waals surface area contributed by atoms with Gasteiger partial charge in [-0.2, -0.15) is 11.8 Å². The number of hydrogen-bond donors (Lipinski definition) is 1. The van der Waals surface area contributed by atoms with Crippen LogP contribution in [-0.4, -0.2) is 24.6 Å². The van der Waals surface area contributed by atoms with Gasteiger partial charge < -0.3 is 5.32 Å². The van der Waals surface area contributed by atoms with E-state index in [0.29, 0.717) is 6.04 Å². The summed E-state index contributed by atoms with van der Waals surface area (Å²) in [6.07, 6.45) is 6.37. The van der Waals surface area contributed by atoms with E-state index in [-0.39, 0.29) is 0 Å². The minimum atomic E-state index is 0.612. The maximum Gasteiger partial charge on any atom is 0.0195 e. The van der Waals surface area contributed by atoms with E-state index in [2.05, 4.69) is 49.2 Å². The zero-order chi connectivity index (χ0) is 12.8. The van der Waals surface area contributed by atoms with Crippen LogP contribution >= 0.6 is 11.8 Å². The molecule has 0 heterocycles. The second-order valence-electron chi connectivity index (χ2n) is 5.22. The summed E-state index contributed by atoms with van der Waals surface area (Å²) in [4.78, 5) is 0. The molecule has 0 saturated heterocycles. The molecule has 0 fully saturated rings. The Labute approximate surface area is 116 Å². The first kappa shape index (κ1) is 14.0. The molecule has 1 aromatic rings. The molecule has 0 aliphatic heterocycles. The van der Waals surface area contributed by atoms with Gasteiger partial charge in [-0.05, 0) is 61.6 Å². The molecule has 100 valence electrons. The van der Waals surface area contributed by atoms with Crippen LogP contribution in [-0.2, 0) is 19.3 Å². The largest absolute Gasteiger partial charge is 0.316 e. The van der Waals surface area contributed by atoms with E-state index in [9.17, 15) is 0 Å². The van der Waals surface area contributed by atoms with Crippen molar-refractivity contribution in [3.8, 4) is 0 Å². The van der Waals surface area contributed by atoms with Crippen LogP contribution in [0.5, 0.6) is 0 Å². The van der Waals surface area contributed by atoms with Crippen molar-refractivity contribution in [3.63, 3.8) is 0 Å². The maximum absolute atomic E-state index is 3.46. The molecule has 0 radical (unpaired) electrons. The Morgan fingerprint density at radius 2 is 2.11 bits per heavy atom. The summed E-state index contributed by atoms with van der Waals surface area (Å²) in [7, 11) is 2.09. The fraction of sp³-hybridized carbons (Fsp3) is 0.625. The lowest BCUT2D eigenvalue weighted by atomic mass is 10.0. The zero-order valence-corrected chi connectivity index (χ0v) is 12.5. The van der Waals surface area contributed by atoms with E-state index < -0.39 is 0 Å². The lowest BCUT2D eigenvalue weighted by molar-refractivity contribution is 0.616. The second-order valence-corrected chi connectivity index (χ2v) is 6.37. The molecule has 0 bridgehead atoms. The van der Waals surface area contributed by atoms with Gasteiger partial charge in [0.05, 0.1) is 0 Å². The average molecular weight is 263 g/mol. The smallest absolute Gasteiger partial charge is 0.0195 e. The van der Waals surface area contributed by atoms with Gasteiger partial charge in [-0.15, -0.1) is 0 Å². The SMILES string of the molecule is CCCSCC(Cc1ccc2c(c1)CCC2)NC. The van der Waals surface area contributed by atoms with Crippen molar-refractivity contribution >= 4 is 11.8 Å². The highest BCUT2D eigenvalue weighted by atomic mass is 32.2. The van der Waals surface area contributed by atoms with E-state index >= 15 is 0 Å². The monoisotopic (exact) mass is 263 g/mol. The number of rotatable bonds is 7. The number of likely N-dealkylation sites (N-methyl/N-ethyl adjacent to an activating group) is 1. The molecule has 2 heteroatoms. The highest BCUT2D eigenvalue weighted by Crippen LogP contribution is 2.23. The quantitative estimate of drug-likeness (QED) is 0.756. The third kappa shape index (κ3) is 3.76. The van der Waals surface area contributed by atoms with Crippen LogP contribution in [0.3, 0.4) is 0 Å². The molecule has 0 saturated carbocycles. The number of benzene rings is 1. The fourth-order valence-corrected chi connectivity index (χ4v) is 3.68. The molecule has 1 aliphatic carbocycles. The summed E-state index contributed by atoms with van der Waals surface area (Å²) in [6.45, 7) is 2.25. The summed E-state index contributed by atoms with van der Waals surface area (Å²) in [5.74, 6) is 2.50. The van der Waals surface area contributed by atoms with Crippen molar-refractivity contribution in [3.05, 3.63) is 34.9 Å². The van der Waals surface area contributed by atoms with E-state index in [1.807, 2.05) is 0 Å². The van der Waals surface area contributed by atoms with Crippen molar-refractivity contribution in [2.45, 2.75) is 45.1 Å². The van der Waals surface area contributed by atoms with Crippen molar-refractivity contribution in [1.82, 2.24) is 5.32 Å². The fourth-order valence-electron chi connectivity index (χ4n) is 2.65. The molecule has 0 amide bonds. The van der Waals surface area contributed by atoms with Crippen LogP contribution in [0.15, 0.2) is 18.2 Å². The van der Waals surface area contributed by atoms with E-state index in [0.717, 1.165) is 0 Å². The number of hydrogen-bond acceptors (Lipinski definition) is 2. The van der Waals surface area contributed by atoms with Crippen molar-refractivity contribution in [2.75, 3.05) is 18.6 Å². The first-order valence-electron chi connectivity index (χ1n) is 7.19. The standard InChI is InChI=1S/C16H25NS/c1-3-9-18-12-16(17-2)11-13-7-8-14-5-4-6-15(14)10-13/h7-8,10,16-17H,3-6,9,11-12H2,1-2H3. The number of aryl methyl sites for hydroxylation is 2. The zero-order valence-electron chi connectivity index (χ0n) is 11.7. The van der Waals surface area contributed by atoms with Crippen molar-refractivity contribution in [1.29, 1.82) is 0 Å². The third-order valence-electron chi connectivity index (χ3n) is 3.72. The Balaban J connectivity index is 1.90. The van der Waals surface area contributed by atoms with Crippen LogP contribution in [0.1, 0.15) is 36.5 Å². The molecule has 1 aromatic carbocycles. The van der Waals surface area contributed by atoms with E-state index in [1.54, 1.807) is 11.1 Å². The summed E-state index contributed by atoms with van der Waals surface area (Å²) in [6, 6.07) is 7.74. The molecule has 1 aliphatic rings. The van der Waals surface area contributed by atoms with E-state index in [1.165, 1.54) is 49.2 Å². The van der Waals surface area contributed by atoms with Crippen LogP contribution in [0.2, 0.25) is 0 Å². The Bertz CT molecular complexity index is 375. The number of thioether (sulfide) groups is 1. The lowest BCUT2D eigenvalue weighted by Gasteiger charge is -2.16. The Hall–Kier alpha value is -0.470. The summed E-state index contributed by atoms with van der Waals surface area (Å²) >= 11 is 2.07. The first-order chi connectivity index (χ1) is 8.83. The predicted octanol–water partition coefficient (Wildman–Crippen LogP) is 3.45. The highest BCUT2D eigenvalue weighted by molar-refractivity contribution is 7.99. The Kier molecular flexibility index (Phi) is 5.58. The lowest BCUT2D eigenvalue weighted by Crippen LogP contribution is -2.30.